The quantitative estimate of drug-likeness (QED) is 0.767. The van der Waals surface area contributed by atoms with Crippen LogP contribution in [0.15, 0.2) is 73.1 Å². The highest BCUT2D eigenvalue weighted by molar-refractivity contribution is 5.53. The van der Waals surface area contributed by atoms with Gasteiger partial charge in [-0.15, -0.1) is 0 Å². The Kier molecular flexibility index (Phi) is 2.96. The van der Waals surface area contributed by atoms with Gasteiger partial charge in [0.2, 0.25) is 5.95 Å². The van der Waals surface area contributed by atoms with Gasteiger partial charge in [-0.1, -0.05) is 48.5 Å². The number of anilines is 2. The van der Waals surface area contributed by atoms with Gasteiger partial charge >= 0.3 is 0 Å². The maximum absolute atomic E-state index is 4.45. The average Bonchev–Trinajstić information content (AvgIpc) is 3.21. The van der Waals surface area contributed by atoms with E-state index in [9.17, 15) is 0 Å². The molecule has 3 heteroatoms. The van der Waals surface area contributed by atoms with Crippen LogP contribution in [-0.4, -0.2) is 9.55 Å². The molecular weight excluding hydrogens is 258 g/mol. The molecule has 1 aliphatic rings. The number of aromatic nitrogens is 2. The molecule has 2 atom stereocenters. The molecule has 0 aliphatic heterocycles. The number of rotatable bonds is 4. The largest absolute Gasteiger partial charge is 0.326 e. The number of benzene rings is 2. The van der Waals surface area contributed by atoms with Crippen LogP contribution < -0.4 is 5.32 Å². The predicted molar refractivity (Wildman–Crippen MR) is 84.8 cm³/mol. The molecule has 1 aliphatic carbocycles. The first-order valence-corrected chi connectivity index (χ1v) is 7.32. The van der Waals surface area contributed by atoms with Gasteiger partial charge in [0.1, 0.15) is 0 Å². The van der Waals surface area contributed by atoms with E-state index >= 15 is 0 Å². The Morgan fingerprint density at radius 2 is 1.67 bits per heavy atom. The van der Waals surface area contributed by atoms with Crippen molar-refractivity contribution in [3.05, 3.63) is 78.6 Å². The fraction of sp³-hybridized carbons (Fsp3) is 0.167. The second-order valence-corrected chi connectivity index (χ2v) is 5.47. The Morgan fingerprint density at radius 1 is 0.952 bits per heavy atom. The fourth-order valence-electron chi connectivity index (χ4n) is 2.88. The SMILES string of the molecule is c1ccc(Nc2nccn2C2CC2c2ccccc2)cc1. The zero-order valence-electron chi connectivity index (χ0n) is 11.7. The van der Waals surface area contributed by atoms with Crippen molar-refractivity contribution in [2.24, 2.45) is 0 Å². The summed E-state index contributed by atoms with van der Waals surface area (Å²) in [5, 5.41) is 3.40. The van der Waals surface area contributed by atoms with Crippen LogP contribution in [-0.2, 0) is 0 Å². The molecule has 0 bridgehead atoms. The minimum absolute atomic E-state index is 0.515. The van der Waals surface area contributed by atoms with Crippen molar-refractivity contribution in [3.8, 4) is 0 Å². The Bertz CT molecular complexity index is 718. The van der Waals surface area contributed by atoms with E-state index in [2.05, 4.69) is 63.5 Å². The third kappa shape index (κ3) is 2.42. The minimum atomic E-state index is 0.515. The van der Waals surface area contributed by atoms with Gasteiger partial charge in [-0.2, -0.15) is 0 Å². The maximum Gasteiger partial charge on any atom is 0.207 e. The van der Waals surface area contributed by atoms with Crippen LogP contribution in [0.5, 0.6) is 0 Å². The van der Waals surface area contributed by atoms with Crippen molar-refractivity contribution in [2.45, 2.75) is 18.4 Å². The van der Waals surface area contributed by atoms with Gasteiger partial charge in [-0.05, 0) is 24.1 Å². The van der Waals surface area contributed by atoms with E-state index in [0.717, 1.165) is 11.6 Å². The molecule has 0 amide bonds. The Labute approximate surface area is 124 Å². The summed E-state index contributed by atoms with van der Waals surface area (Å²) < 4.78 is 2.25. The molecule has 1 N–H and O–H groups in total. The number of nitrogens with one attached hydrogen (secondary N) is 1. The van der Waals surface area contributed by atoms with E-state index in [1.54, 1.807) is 0 Å². The summed E-state index contributed by atoms with van der Waals surface area (Å²) in [5.41, 5.74) is 2.49. The summed E-state index contributed by atoms with van der Waals surface area (Å²) in [4.78, 5) is 4.45. The number of hydrogen-bond donors (Lipinski definition) is 1. The van der Waals surface area contributed by atoms with Crippen molar-refractivity contribution in [3.63, 3.8) is 0 Å². The molecule has 104 valence electrons. The molecule has 0 saturated heterocycles. The molecule has 21 heavy (non-hydrogen) atoms. The molecule has 3 nitrogen and oxygen atoms in total. The molecule has 0 radical (unpaired) electrons. The first-order valence-electron chi connectivity index (χ1n) is 7.32. The van der Waals surface area contributed by atoms with Crippen LogP contribution in [0.3, 0.4) is 0 Å². The smallest absolute Gasteiger partial charge is 0.207 e. The summed E-state index contributed by atoms with van der Waals surface area (Å²) in [7, 11) is 0. The second kappa shape index (κ2) is 5.09. The number of imidazole rings is 1. The van der Waals surface area contributed by atoms with Crippen molar-refractivity contribution in [2.75, 3.05) is 5.32 Å². The topological polar surface area (TPSA) is 29.9 Å². The fourth-order valence-corrected chi connectivity index (χ4v) is 2.88. The van der Waals surface area contributed by atoms with E-state index in [1.165, 1.54) is 12.0 Å². The molecule has 1 aromatic heterocycles. The lowest BCUT2D eigenvalue weighted by molar-refractivity contribution is 0.726. The number of hydrogen-bond acceptors (Lipinski definition) is 2. The molecule has 3 aromatic rings. The highest BCUT2D eigenvalue weighted by atomic mass is 15.2. The van der Waals surface area contributed by atoms with Gasteiger partial charge in [0.05, 0.1) is 0 Å². The molecule has 1 fully saturated rings. The third-order valence-corrected chi connectivity index (χ3v) is 4.04. The highest BCUT2D eigenvalue weighted by Crippen LogP contribution is 2.52. The van der Waals surface area contributed by atoms with E-state index in [0.29, 0.717) is 12.0 Å². The van der Waals surface area contributed by atoms with E-state index in [-0.39, 0.29) is 0 Å². The molecule has 2 aromatic carbocycles. The lowest BCUT2D eigenvalue weighted by atomic mass is 10.1. The molecule has 1 saturated carbocycles. The Morgan fingerprint density at radius 3 is 2.43 bits per heavy atom. The van der Waals surface area contributed by atoms with E-state index < -0.39 is 0 Å². The van der Waals surface area contributed by atoms with Gasteiger partial charge in [-0.25, -0.2) is 4.98 Å². The van der Waals surface area contributed by atoms with Crippen LogP contribution in [0.1, 0.15) is 23.9 Å². The second-order valence-electron chi connectivity index (χ2n) is 5.47. The standard InChI is InChI=1S/C18H17N3/c1-3-7-14(8-4-1)16-13-17(16)21-12-11-19-18(21)20-15-9-5-2-6-10-15/h1-12,16-17H,13H2,(H,19,20). The summed E-state index contributed by atoms with van der Waals surface area (Å²) in [6.07, 6.45) is 5.12. The third-order valence-electron chi connectivity index (χ3n) is 4.04. The predicted octanol–water partition coefficient (Wildman–Crippen LogP) is 4.36. The minimum Gasteiger partial charge on any atom is -0.326 e. The summed E-state index contributed by atoms with van der Waals surface area (Å²) >= 11 is 0. The van der Waals surface area contributed by atoms with Crippen molar-refractivity contribution in [1.82, 2.24) is 9.55 Å². The highest BCUT2D eigenvalue weighted by Gasteiger charge is 2.40. The summed E-state index contributed by atoms with van der Waals surface area (Å²) in [6, 6.07) is 21.4. The van der Waals surface area contributed by atoms with Crippen molar-refractivity contribution in [1.29, 1.82) is 0 Å². The molecule has 0 spiro atoms. The van der Waals surface area contributed by atoms with Gasteiger partial charge in [0.25, 0.3) is 0 Å². The molecule has 2 unspecified atom stereocenters. The summed E-state index contributed by atoms with van der Waals surface area (Å²) in [5.74, 6) is 1.53. The van der Waals surface area contributed by atoms with Crippen molar-refractivity contribution < 1.29 is 0 Å². The first-order chi connectivity index (χ1) is 10.4. The van der Waals surface area contributed by atoms with Crippen molar-refractivity contribution >= 4 is 11.6 Å². The van der Waals surface area contributed by atoms with Gasteiger partial charge in [0, 0.05) is 30.0 Å². The van der Waals surface area contributed by atoms with Gasteiger partial charge < -0.3 is 9.88 Å². The monoisotopic (exact) mass is 275 g/mol. The number of nitrogens with zero attached hydrogens (tertiary/aromatic N) is 2. The Balaban J connectivity index is 1.54. The van der Waals surface area contributed by atoms with Crippen LogP contribution in [0.4, 0.5) is 11.6 Å². The first kappa shape index (κ1) is 12.2. The van der Waals surface area contributed by atoms with E-state index in [1.807, 2.05) is 24.4 Å². The lowest BCUT2D eigenvalue weighted by Gasteiger charge is -2.09. The lowest BCUT2D eigenvalue weighted by Crippen LogP contribution is -2.02. The zero-order valence-corrected chi connectivity index (χ0v) is 11.7. The molecular formula is C18H17N3. The van der Waals surface area contributed by atoms with Crippen LogP contribution >= 0.6 is 0 Å². The zero-order chi connectivity index (χ0) is 14.1. The van der Waals surface area contributed by atoms with Crippen LogP contribution in [0.25, 0.3) is 0 Å². The Hall–Kier alpha value is -2.55. The maximum atomic E-state index is 4.45. The van der Waals surface area contributed by atoms with E-state index in [4.69, 9.17) is 0 Å². The normalized spacial score (nSPS) is 20.2. The summed E-state index contributed by atoms with van der Waals surface area (Å²) in [6.45, 7) is 0. The molecule has 4 rings (SSSR count). The van der Waals surface area contributed by atoms with Gasteiger partial charge in [-0.3, -0.25) is 0 Å². The number of para-hydroxylation sites is 1. The van der Waals surface area contributed by atoms with Crippen LogP contribution in [0.2, 0.25) is 0 Å². The average molecular weight is 275 g/mol. The van der Waals surface area contributed by atoms with Crippen LogP contribution in [0, 0.1) is 0 Å². The molecule has 1 heterocycles. The van der Waals surface area contributed by atoms with Gasteiger partial charge in [0.15, 0.2) is 0 Å².